The van der Waals surface area contributed by atoms with Gasteiger partial charge in [0.1, 0.15) is 5.75 Å². The van der Waals surface area contributed by atoms with E-state index >= 15 is 0 Å². The van der Waals surface area contributed by atoms with Crippen molar-refractivity contribution in [1.29, 1.82) is 0 Å². The third-order valence-electron chi connectivity index (χ3n) is 5.68. The Bertz CT molecular complexity index is 1090. The average molecular weight is 403 g/mol. The maximum Gasteiger partial charge on any atom is 0.163 e. The Balaban J connectivity index is 1.63. The number of ether oxygens (including phenoxy) is 1. The van der Waals surface area contributed by atoms with Gasteiger partial charge >= 0.3 is 0 Å². The van der Waals surface area contributed by atoms with E-state index in [1.54, 1.807) is 18.4 Å². The number of thiophene rings is 1. The van der Waals surface area contributed by atoms with Crippen LogP contribution < -0.4 is 15.4 Å². The van der Waals surface area contributed by atoms with Crippen molar-refractivity contribution in [2.45, 2.75) is 24.8 Å². The molecule has 2 aromatic carbocycles. The van der Waals surface area contributed by atoms with Gasteiger partial charge in [-0.1, -0.05) is 30.3 Å². The van der Waals surface area contributed by atoms with Crippen LogP contribution in [-0.2, 0) is 4.79 Å². The highest BCUT2D eigenvalue weighted by Gasteiger charge is 2.36. The lowest BCUT2D eigenvalue weighted by atomic mass is 9.81. The maximum atomic E-state index is 13.4. The van der Waals surface area contributed by atoms with E-state index in [0.29, 0.717) is 6.42 Å². The SMILES string of the molecule is COc1cccc([C@@H]2Nc3ccccc3NC3=C2C(=O)C[C@@H](c2cccs2)C3)c1. The second-order valence-corrected chi connectivity index (χ2v) is 8.44. The quantitative estimate of drug-likeness (QED) is 0.587. The van der Waals surface area contributed by atoms with Gasteiger partial charge in [-0.15, -0.1) is 11.3 Å². The van der Waals surface area contributed by atoms with Gasteiger partial charge in [-0.2, -0.15) is 0 Å². The van der Waals surface area contributed by atoms with E-state index in [4.69, 9.17) is 4.74 Å². The molecular weight excluding hydrogens is 380 g/mol. The molecule has 1 aliphatic carbocycles. The Morgan fingerprint density at radius 3 is 2.66 bits per heavy atom. The average Bonchev–Trinajstić information content (AvgIpc) is 3.23. The third-order valence-corrected chi connectivity index (χ3v) is 6.72. The van der Waals surface area contributed by atoms with Gasteiger partial charge in [0, 0.05) is 28.5 Å². The summed E-state index contributed by atoms with van der Waals surface area (Å²) >= 11 is 1.73. The molecule has 0 saturated carbocycles. The van der Waals surface area contributed by atoms with Crippen LogP contribution in [-0.4, -0.2) is 12.9 Å². The van der Waals surface area contributed by atoms with Crippen molar-refractivity contribution in [3.8, 4) is 5.75 Å². The molecule has 1 aliphatic heterocycles. The highest BCUT2D eigenvalue weighted by molar-refractivity contribution is 7.10. The number of ketones is 1. The number of para-hydroxylation sites is 2. The first-order valence-electron chi connectivity index (χ1n) is 9.79. The zero-order chi connectivity index (χ0) is 19.8. The van der Waals surface area contributed by atoms with Crippen LogP contribution in [0.2, 0.25) is 0 Å². The Morgan fingerprint density at radius 2 is 1.86 bits per heavy atom. The molecule has 0 unspecified atom stereocenters. The molecule has 5 rings (SSSR count). The van der Waals surface area contributed by atoms with E-state index in [1.807, 2.05) is 30.3 Å². The topological polar surface area (TPSA) is 50.4 Å². The summed E-state index contributed by atoms with van der Waals surface area (Å²) in [6, 6.07) is 20.1. The van der Waals surface area contributed by atoms with Gasteiger partial charge in [-0.25, -0.2) is 0 Å². The van der Waals surface area contributed by atoms with E-state index < -0.39 is 0 Å². The van der Waals surface area contributed by atoms with Gasteiger partial charge < -0.3 is 15.4 Å². The molecular formula is C24H22N2O2S. The fraction of sp³-hybridized carbons (Fsp3) is 0.208. The molecule has 2 heterocycles. The van der Waals surface area contributed by atoms with Crippen molar-refractivity contribution in [2.24, 2.45) is 0 Å². The number of nitrogens with one attached hydrogen (secondary N) is 2. The molecule has 1 aromatic heterocycles. The van der Waals surface area contributed by atoms with E-state index in [0.717, 1.165) is 40.4 Å². The van der Waals surface area contributed by atoms with Gasteiger partial charge in [0.25, 0.3) is 0 Å². The van der Waals surface area contributed by atoms with Gasteiger partial charge in [0.05, 0.1) is 24.5 Å². The van der Waals surface area contributed by atoms with Crippen molar-refractivity contribution in [2.75, 3.05) is 17.7 Å². The van der Waals surface area contributed by atoms with E-state index in [2.05, 4.69) is 46.3 Å². The number of allylic oxidation sites excluding steroid dienone is 1. The number of methoxy groups -OCH3 is 1. The summed E-state index contributed by atoms with van der Waals surface area (Å²) in [5, 5.41) is 9.28. The first kappa shape index (κ1) is 18.0. The van der Waals surface area contributed by atoms with Gasteiger partial charge in [-0.05, 0) is 47.7 Å². The molecule has 0 saturated heterocycles. The molecule has 0 fully saturated rings. The predicted octanol–water partition coefficient (Wildman–Crippen LogP) is 5.74. The second kappa shape index (κ2) is 7.41. The predicted molar refractivity (Wildman–Crippen MR) is 118 cm³/mol. The Labute approximate surface area is 174 Å². The Morgan fingerprint density at radius 1 is 1.00 bits per heavy atom. The van der Waals surface area contributed by atoms with Crippen molar-refractivity contribution in [3.63, 3.8) is 0 Å². The number of hydrogen-bond acceptors (Lipinski definition) is 5. The molecule has 5 heteroatoms. The molecule has 2 aliphatic rings. The summed E-state index contributed by atoms with van der Waals surface area (Å²) in [4.78, 5) is 14.7. The van der Waals surface area contributed by atoms with Gasteiger partial charge in [0.2, 0.25) is 0 Å². The Hall–Kier alpha value is -3.05. The number of Topliss-reactive ketones (excluding diaryl/α,β-unsaturated/α-hetero) is 1. The van der Waals surface area contributed by atoms with Crippen molar-refractivity contribution < 1.29 is 9.53 Å². The van der Waals surface area contributed by atoms with Crippen LogP contribution in [0.4, 0.5) is 11.4 Å². The standard InChI is InChI=1S/C24H22N2O2S/c1-28-17-7-4-6-15(12-17)24-23-20(25-18-8-2-3-9-19(18)26-24)13-16(14-21(23)27)22-10-5-11-29-22/h2-12,16,24-26H,13-14H2,1H3/t16-,24-/m0/s1. The van der Waals surface area contributed by atoms with Crippen LogP contribution in [0.5, 0.6) is 5.75 Å². The van der Waals surface area contributed by atoms with E-state index in [1.165, 1.54) is 4.88 Å². The maximum absolute atomic E-state index is 13.4. The second-order valence-electron chi connectivity index (χ2n) is 7.46. The zero-order valence-corrected chi connectivity index (χ0v) is 17.0. The highest BCUT2D eigenvalue weighted by Crippen LogP contribution is 2.45. The smallest absolute Gasteiger partial charge is 0.163 e. The molecule has 2 N–H and O–H groups in total. The monoisotopic (exact) mass is 402 g/mol. The minimum absolute atomic E-state index is 0.199. The normalized spacial score (nSPS) is 20.8. The summed E-state index contributed by atoms with van der Waals surface area (Å²) in [5.41, 5.74) is 4.88. The first-order chi connectivity index (χ1) is 14.2. The number of rotatable bonds is 3. The van der Waals surface area contributed by atoms with Crippen LogP contribution >= 0.6 is 11.3 Å². The van der Waals surface area contributed by atoms with Crippen LogP contribution in [0.15, 0.2) is 77.3 Å². The number of anilines is 2. The molecule has 0 spiro atoms. The summed E-state index contributed by atoms with van der Waals surface area (Å²) in [6.45, 7) is 0. The molecule has 4 nitrogen and oxygen atoms in total. The molecule has 29 heavy (non-hydrogen) atoms. The highest BCUT2D eigenvalue weighted by atomic mass is 32.1. The molecule has 0 amide bonds. The molecule has 2 atom stereocenters. The minimum atomic E-state index is -0.215. The van der Waals surface area contributed by atoms with Crippen LogP contribution in [0, 0.1) is 0 Å². The third kappa shape index (κ3) is 3.32. The Kier molecular flexibility index (Phi) is 4.60. The summed E-state index contributed by atoms with van der Waals surface area (Å²) in [5.74, 6) is 1.21. The number of hydrogen-bond donors (Lipinski definition) is 2. The fourth-order valence-corrected chi connectivity index (χ4v) is 5.12. The van der Waals surface area contributed by atoms with E-state index in [9.17, 15) is 4.79 Å². The van der Waals surface area contributed by atoms with Crippen LogP contribution in [0.1, 0.15) is 35.2 Å². The molecule has 146 valence electrons. The lowest BCUT2D eigenvalue weighted by molar-refractivity contribution is -0.116. The van der Waals surface area contributed by atoms with Crippen LogP contribution in [0.25, 0.3) is 0 Å². The van der Waals surface area contributed by atoms with Gasteiger partial charge in [0.15, 0.2) is 5.78 Å². The summed E-state index contributed by atoms with van der Waals surface area (Å²) in [7, 11) is 1.67. The lowest BCUT2D eigenvalue weighted by Gasteiger charge is -2.29. The molecule has 3 aromatic rings. The van der Waals surface area contributed by atoms with Crippen molar-refractivity contribution in [1.82, 2.24) is 0 Å². The minimum Gasteiger partial charge on any atom is -0.497 e. The summed E-state index contributed by atoms with van der Waals surface area (Å²) in [6.07, 6.45) is 1.37. The van der Waals surface area contributed by atoms with Crippen molar-refractivity contribution >= 4 is 28.5 Å². The summed E-state index contributed by atoms with van der Waals surface area (Å²) < 4.78 is 5.43. The number of fused-ring (bicyclic) bond motifs is 1. The largest absolute Gasteiger partial charge is 0.497 e. The first-order valence-corrected chi connectivity index (χ1v) is 10.7. The van der Waals surface area contributed by atoms with Crippen LogP contribution in [0.3, 0.4) is 0 Å². The lowest BCUT2D eigenvalue weighted by Crippen LogP contribution is -2.26. The van der Waals surface area contributed by atoms with Gasteiger partial charge in [-0.3, -0.25) is 4.79 Å². The fourth-order valence-electron chi connectivity index (χ4n) is 4.29. The number of carbonyl (C=O) groups excluding carboxylic acids is 1. The molecule has 0 bridgehead atoms. The molecule has 0 radical (unpaired) electrons. The zero-order valence-electron chi connectivity index (χ0n) is 16.1. The van der Waals surface area contributed by atoms with E-state index in [-0.39, 0.29) is 17.7 Å². The number of carbonyl (C=O) groups is 1. The number of benzene rings is 2. The van der Waals surface area contributed by atoms with Crippen molar-refractivity contribution in [3.05, 3.63) is 87.8 Å².